The second-order valence-electron chi connectivity index (χ2n) is 4.32. The van der Waals surface area contributed by atoms with Crippen molar-refractivity contribution in [3.8, 4) is 11.8 Å². The van der Waals surface area contributed by atoms with Crippen molar-refractivity contribution < 1.29 is 9.53 Å². The molecule has 0 atom stereocenters. The molecule has 1 heterocycles. The van der Waals surface area contributed by atoms with Gasteiger partial charge in [0.15, 0.2) is 0 Å². The van der Waals surface area contributed by atoms with Gasteiger partial charge in [-0.3, -0.25) is 4.79 Å². The van der Waals surface area contributed by atoms with Crippen LogP contribution >= 0.6 is 11.3 Å². The number of rotatable bonds is 7. The summed E-state index contributed by atoms with van der Waals surface area (Å²) in [6, 6.07) is 13.3. The Bertz CT molecular complexity index is 644. The molecule has 5 nitrogen and oxygen atoms in total. The number of nitriles is 1. The molecule has 0 fully saturated rings. The molecule has 0 aliphatic rings. The molecule has 108 valence electrons. The normalized spacial score (nSPS) is 9.86. The number of primary amides is 1. The van der Waals surface area contributed by atoms with Gasteiger partial charge < -0.3 is 15.8 Å². The van der Waals surface area contributed by atoms with E-state index in [4.69, 9.17) is 15.7 Å². The standard InChI is InChI=1S/C15H15N3O2S/c16-9-13-5-6-14(21-13)10-18-11-1-3-12(4-2-11)20-8-7-15(17)19/h1-6,18H,7-8,10H2,(H2,17,19). The van der Waals surface area contributed by atoms with Crippen LogP contribution in [0.1, 0.15) is 16.2 Å². The van der Waals surface area contributed by atoms with Crippen molar-refractivity contribution in [1.82, 2.24) is 0 Å². The molecule has 0 spiro atoms. The molecule has 2 aromatic rings. The number of amides is 1. The maximum atomic E-state index is 10.6. The Morgan fingerprint density at radius 1 is 1.29 bits per heavy atom. The number of ether oxygens (including phenoxy) is 1. The van der Waals surface area contributed by atoms with Crippen LogP contribution in [0.5, 0.6) is 5.75 Å². The van der Waals surface area contributed by atoms with Crippen molar-refractivity contribution in [3.63, 3.8) is 0 Å². The SMILES string of the molecule is N#Cc1ccc(CNc2ccc(OCCC(N)=O)cc2)s1. The van der Waals surface area contributed by atoms with Crippen LogP contribution in [-0.4, -0.2) is 12.5 Å². The first kappa shape index (κ1) is 14.9. The first-order valence-corrected chi connectivity index (χ1v) is 7.23. The van der Waals surface area contributed by atoms with Crippen LogP contribution in [0.4, 0.5) is 5.69 Å². The zero-order valence-corrected chi connectivity index (χ0v) is 12.2. The Balaban J connectivity index is 1.82. The first-order valence-electron chi connectivity index (χ1n) is 6.41. The predicted octanol–water partition coefficient (Wildman–Crippen LogP) is 2.49. The maximum Gasteiger partial charge on any atom is 0.220 e. The minimum absolute atomic E-state index is 0.208. The quantitative estimate of drug-likeness (QED) is 0.822. The van der Waals surface area contributed by atoms with Gasteiger partial charge in [0, 0.05) is 17.1 Å². The van der Waals surface area contributed by atoms with Gasteiger partial charge in [-0.15, -0.1) is 11.3 Å². The van der Waals surface area contributed by atoms with E-state index in [0.29, 0.717) is 17.2 Å². The topological polar surface area (TPSA) is 88.1 Å². The lowest BCUT2D eigenvalue weighted by molar-refractivity contribution is -0.118. The lowest BCUT2D eigenvalue weighted by atomic mass is 10.3. The van der Waals surface area contributed by atoms with Gasteiger partial charge in [-0.05, 0) is 36.4 Å². The molecule has 21 heavy (non-hydrogen) atoms. The van der Waals surface area contributed by atoms with Crippen molar-refractivity contribution in [2.45, 2.75) is 13.0 Å². The van der Waals surface area contributed by atoms with E-state index < -0.39 is 0 Å². The van der Waals surface area contributed by atoms with Crippen molar-refractivity contribution in [1.29, 1.82) is 5.26 Å². The van der Waals surface area contributed by atoms with Gasteiger partial charge in [0.25, 0.3) is 0 Å². The number of hydrogen-bond acceptors (Lipinski definition) is 5. The number of thiophene rings is 1. The summed E-state index contributed by atoms with van der Waals surface area (Å²) in [6.45, 7) is 0.961. The fourth-order valence-corrected chi connectivity index (χ4v) is 2.41. The number of hydrogen-bond donors (Lipinski definition) is 2. The molecule has 0 radical (unpaired) electrons. The van der Waals surface area contributed by atoms with Crippen molar-refractivity contribution >= 4 is 22.9 Å². The summed E-state index contributed by atoms with van der Waals surface area (Å²) < 4.78 is 5.39. The van der Waals surface area contributed by atoms with Crippen LogP contribution in [0.2, 0.25) is 0 Å². The number of nitrogens with zero attached hydrogens (tertiary/aromatic N) is 1. The van der Waals surface area contributed by atoms with Crippen LogP contribution in [0.25, 0.3) is 0 Å². The van der Waals surface area contributed by atoms with Crippen LogP contribution < -0.4 is 15.8 Å². The van der Waals surface area contributed by atoms with Crippen molar-refractivity contribution in [3.05, 3.63) is 46.2 Å². The molecule has 1 aromatic carbocycles. The van der Waals surface area contributed by atoms with Crippen LogP contribution in [0, 0.1) is 11.3 Å². The molecule has 1 aromatic heterocycles. The average molecular weight is 301 g/mol. The molecule has 0 unspecified atom stereocenters. The number of nitrogens with one attached hydrogen (secondary N) is 1. The molecular formula is C15H15N3O2S. The zero-order valence-electron chi connectivity index (χ0n) is 11.3. The molecule has 1 amide bonds. The molecule has 6 heteroatoms. The molecule has 0 saturated carbocycles. The maximum absolute atomic E-state index is 10.6. The van der Waals surface area contributed by atoms with E-state index in [1.807, 2.05) is 36.4 Å². The predicted molar refractivity (Wildman–Crippen MR) is 82.1 cm³/mol. The monoisotopic (exact) mass is 301 g/mol. The number of carbonyl (C=O) groups excluding carboxylic acids is 1. The fraction of sp³-hybridized carbons (Fsp3) is 0.200. The third-order valence-electron chi connectivity index (χ3n) is 2.71. The molecule has 2 rings (SSSR count). The Labute approximate surface area is 127 Å². The number of carbonyl (C=O) groups is 1. The van der Waals surface area contributed by atoms with Gasteiger partial charge in [-0.2, -0.15) is 5.26 Å². The van der Waals surface area contributed by atoms with E-state index in [0.717, 1.165) is 10.6 Å². The number of anilines is 1. The van der Waals surface area contributed by atoms with Crippen molar-refractivity contribution in [2.75, 3.05) is 11.9 Å². The summed E-state index contributed by atoms with van der Waals surface area (Å²) in [7, 11) is 0. The van der Waals surface area contributed by atoms with Gasteiger partial charge in [-0.1, -0.05) is 0 Å². The van der Waals surface area contributed by atoms with E-state index >= 15 is 0 Å². The number of benzene rings is 1. The highest BCUT2D eigenvalue weighted by Gasteiger charge is 2.00. The second-order valence-corrected chi connectivity index (χ2v) is 5.49. The molecule has 0 saturated heterocycles. The average Bonchev–Trinajstić information content (AvgIpc) is 2.94. The third kappa shape index (κ3) is 4.82. The van der Waals surface area contributed by atoms with E-state index in [1.54, 1.807) is 0 Å². The third-order valence-corrected chi connectivity index (χ3v) is 3.70. The highest BCUT2D eigenvalue weighted by Crippen LogP contribution is 2.19. The summed E-state index contributed by atoms with van der Waals surface area (Å²) in [6.07, 6.45) is 0.208. The van der Waals surface area contributed by atoms with E-state index in [2.05, 4.69) is 11.4 Å². The lowest BCUT2D eigenvalue weighted by Gasteiger charge is -2.07. The highest BCUT2D eigenvalue weighted by atomic mass is 32.1. The van der Waals surface area contributed by atoms with Gasteiger partial charge in [-0.25, -0.2) is 0 Å². The number of nitrogens with two attached hydrogens (primary N) is 1. The summed E-state index contributed by atoms with van der Waals surface area (Å²) >= 11 is 1.48. The smallest absolute Gasteiger partial charge is 0.220 e. The molecule has 3 N–H and O–H groups in total. The van der Waals surface area contributed by atoms with E-state index in [-0.39, 0.29) is 18.9 Å². The van der Waals surface area contributed by atoms with Gasteiger partial charge in [0.05, 0.1) is 13.0 Å². The van der Waals surface area contributed by atoms with E-state index in [9.17, 15) is 4.79 Å². The van der Waals surface area contributed by atoms with Crippen LogP contribution in [0.3, 0.4) is 0 Å². The summed E-state index contributed by atoms with van der Waals surface area (Å²) in [5, 5.41) is 12.0. The Kier molecular flexibility index (Phi) is 5.18. The molecule has 0 aliphatic heterocycles. The van der Waals surface area contributed by atoms with Gasteiger partial charge in [0.2, 0.25) is 5.91 Å². The molecule has 0 bridgehead atoms. The lowest BCUT2D eigenvalue weighted by Crippen LogP contribution is -2.14. The fourth-order valence-electron chi connectivity index (χ4n) is 1.66. The molecule has 0 aliphatic carbocycles. The van der Waals surface area contributed by atoms with Crippen molar-refractivity contribution in [2.24, 2.45) is 5.73 Å². The van der Waals surface area contributed by atoms with Crippen LogP contribution in [0.15, 0.2) is 36.4 Å². The zero-order chi connectivity index (χ0) is 15.1. The van der Waals surface area contributed by atoms with E-state index in [1.165, 1.54) is 11.3 Å². The Morgan fingerprint density at radius 3 is 2.67 bits per heavy atom. The summed E-state index contributed by atoms with van der Waals surface area (Å²) in [4.78, 5) is 12.4. The first-order chi connectivity index (χ1) is 10.2. The van der Waals surface area contributed by atoms with Gasteiger partial charge >= 0.3 is 0 Å². The summed E-state index contributed by atoms with van der Waals surface area (Å²) in [5.74, 6) is 0.325. The second kappa shape index (κ2) is 7.31. The summed E-state index contributed by atoms with van der Waals surface area (Å²) in [5.41, 5.74) is 6.00. The Morgan fingerprint density at radius 2 is 2.05 bits per heavy atom. The van der Waals surface area contributed by atoms with Gasteiger partial charge in [0.1, 0.15) is 16.7 Å². The molecular weight excluding hydrogens is 286 g/mol. The Hall–Kier alpha value is -2.52. The minimum atomic E-state index is -0.374. The van der Waals surface area contributed by atoms with Crippen LogP contribution in [-0.2, 0) is 11.3 Å². The highest BCUT2D eigenvalue weighted by molar-refractivity contribution is 7.12. The minimum Gasteiger partial charge on any atom is -0.493 e. The largest absolute Gasteiger partial charge is 0.493 e.